The zero-order valence-corrected chi connectivity index (χ0v) is 13.3. The molecular formula is C17H13FN2O3S. The number of halogens is 1. The number of aromatic nitrogens is 1. The van der Waals surface area contributed by atoms with Gasteiger partial charge >= 0.3 is 5.97 Å². The molecule has 1 heterocycles. The van der Waals surface area contributed by atoms with E-state index in [1.165, 1.54) is 35.6 Å². The number of para-hydroxylation sites is 1. The highest BCUT2D eigenvalue weighted by molar-refractivity contribution is 7.22. The molecule has 122 valence electrons. The van der Waals surface area contributed by atoms with Crippen LogP contribution in [0.15, 0.2) is 48.5 Å². The predicted molar refractivity (Wildman–Crippen MR) is 89.3 cm³/mol. The zero-order valence-electron chi connectivity index (χ0n) is 12.5. The topological polar surface area (TPSA) is 68.3 Å². The van der Waals surface area contributed by atoms with Crippen molar-refractivity contribution in [3.8, 4) is 0 Å². The van der Waals surface area contributed by atoms with Crippen molar-refractivity contribution in [3.63, 3.8) is 0 Å². The highest BCUT2D eigenvalue weighted by Crippen LogP contribution is 2.25. The lowest BCUT2D eigenvalue weighted by molar-refractivity contribution is -0.146. The van der Waals surface area contributed by atoms with E-state index in [1.54, 1.807) is 0 Å². The van der Waals surface area contributed by atoms with Crippen LogP contribution < -0.4 is 5.32 Å². The van der Waals surface area contributed by atoms with Crippen molar-refractivity contribution in [1.29, 1.82) is 0 Å². The van der Waals surface area contributed by atoms with Crippen molar-refractivity contribution < 1.29 is 18.7 Å². The Morgan fingerprint density at radius 2 is 1.88 bits per heavy atom. The number of carbonyl (C=O) groups is 2. The van der Waals surface area contributed by atoms with Gasteiger partial charge in [-0.15, -0.1) is 0 Å². The van der Waals surface area contributed by atoms with E-state index >= 15 is 0 Å². The highest BCUT2D eigenvalue weighted by atomic mass is 32.1. The zero-order chi connectivity index (χ0) is 16.9. The van der Waals surface area contributed by atoms with E-state index in [2.05, 4.69) is 10.3 Å². The maximum atomic E-state index is 12.8. The molecule has 0 unspecified atom stereocenters. The van der Waals surface area contributed by atoms with Gasteiger partial charge in [0.25, 0.3) is 5.91 Å². The summed E-state index contributed by atoms with van der Waals surface area (Å²) in [6.45, 7) is -0.393. The van der Waals surface area contributed by atoms with Crippen LogP contribution in [0.2, 0.25) is 0 Å². The Labute approximate surface area is 141 Å². The molecule has 1 aromatic heterocycles. The van der Waals surface area contributed by atoms with Crippen LogP contribution in [0.3, 0.4) is 0 Å². The number of esters is 1. The maximum Gasteiger partial charge on any atom is 0.310 e. The number of rotatable bonds is 5. The minimum absolute atomic E-state index is 0.0191. The van der Waals surface area contributed by atoms with E-state index in [0.717, 1.165) is 10.2 Å². The number of benzene rings is 2. The van der Waals surface area contributed by atoms with Crippen molar-refractivity contribution in [2.45, 2.75) is 6.42 Å². The first-order valence-corrected chi connectivity index (χ1v) is 7.97. The van der Waals surface area contributed by atoms with Crippen LogP contribution >= 0.6 is 11.3 Å². The largest absolute Gasteiger partial charge is 0.455 e. The highest BCUT2D eigenvalue weighted by Gasteiger charge is 2.11. The fraction of sp³-hybridized carbons (Fsp3) is 0.118. The molecule has 0 aliphatic rings. The first-order chi connectivity index (χ1) is 11.6. The molecule has 1 amide bonds. The molecule has 0 fully saturated rings. The first kappa shape index (κ1) is 16.1. The third-order valence-corrected chi connectivity index (χ3v) is 4.12. The van der Waals surface area contributed by atoms with Crippen LogP contribution in [0, 0.1) is 5.82 Å². The standard InChI is InChI=1S/C17H13FN2O3S/c18-12-7-5-11(6-8-12)9-16(22)23-10-15(21)20-17-19-13-3-1-2-4-14(13)24-17/h1-8H,9-10H2,(H,19,20,21). The molecule has 0 bridgehead atoms. The summed E-state index contributed by atoms with van der Waals surface area (Å²) < 4.78 is 18.7. The summed E-state index contributed by atoms with van der Waals surface area (Å²) in [6.07, 6.45) is -0.0191. The molecule has 24 heavy (non-hydrogen) atoms. The van der Waals surface area contributed by atoms with Gasteiger partial charge < -0.3 is 4.74 Å². The van der Waals surface area contributed by atoms with Crippen LogP contribution in [0.4, 0.5) is 9.52 Å². The number of nitrogens with one attached hydrogen (secondary N) is 1. The minimum atomic E-state index is -0.555. The molecule has 0 aliphatic carbocycles. The van der Waals surface area contributed by atoms with Crippen LogP contribution in [0.1, 0.15) is 5.56 Å². The number of ether oxygens (including phenoxy) is 1. The quantitative estimate of drug-likeness (QED) is 0.722. The van der Waals surface area contributed by atoms with Gasteiger partial charge in [-0.1, -0.05) is 35.6 Å². The molecule has 0 saturated heterocycles. The Kier molecular flexibility index (Phi) is 4.81. The molecule has 0 radical (unpaired) electrons. The smallest absolute Gasteiger partial charge is 0.310 e. The Bertz CT molecular complexity index is 844. The lowest BCUT2D eigenvalue weighted by atomic mass is 10.1. The number of hydrogen-bond acceptors (Lipinski definition) is 5. The van der Waals surface area contributed by atoms with E-state index in [9.17, 15) is 14.0 Å². The van der Waals surface area contributed by atoms with Gasteiger partial charge in [0, 0.05) is 0 Å². The van der Waals surface area contributed by atoms with Gasteiger partial charge in [-0.3, -0.25) is 14.9 Å². The molecule has 0 atom stereocenters. The Hall–Kier alpha value is -2.80. The number of thiazole rings is 1. The monoisotopic (exact) mass is 344 g/mol. The summed E-state index contributed by atoms with van der Waals surface area (Å²) in [4.78, 5) is 27.8. The lowest BCUT2D eigenvalue weighted by Crippen LogP contribution is -2.21. The second kappa shape index (κ2) is 7.18. The average molecular weight is 344 g/mol. The van der Waals surface area contributed by atoms with Gasteiger partial charge in [-0.05, 0) is 29.8 Å². The number of anilines is 1. The van der Waals surface area contributed by atoms with Gasteiger partial charge in [0.2, 0.25) is 0 Å². The van der Waals surface area contributed by atoms with E-state index in [-0.39, 0.29) is 12.2 Å². The average Bonchev–Trinajstić information content (AvgIpc) is 2.97. The molecule has 3 aromatic rings. The lowest BCUT2D eigenvalue weighted by Gasteiger charge is -2.04. The molecule has 2 aromatic carbocycles. The summed E-state index contributed by atoms with van der Waals surface area (Å²) in [5.74, 6) is -1.38. The first-order valence-electron chi connectivity index (χ1n) is 7.15. The van der Waals surface area contributed by atoms with E-state index in [1.807, 2.05) is 24.3 Å². The third-order valence-electron chi connectivity index (χ3n) is 3.17. The summed E-state index contributed by atoms with van der Waals surface area (Å²) in [7, 11) is 0. The summed E-state index contributed by atoms with van der Waals surface area (Å²) in [6, 6.07) is 13.0. The Balaban J connectivity index is 1.49. The Morgan fingerprint density at radius 3 is 2.62 bits per heavy atom. The molecule has 0 spiro atoms. The molecule has 5 nitrogen and oxygen atoms in total. The van der Waals surface area contributed by atoms with Crippen molar-refractivity contribution in [2.24, 2.45) is 0 Å². The molecule has 3 rings (SSSR count). The van der Waals surface area contributed by atoms with Crippen LogP contribution in [0.5, 0.6) is 0 Å². The van der Waals surface area contributed by atoms with Gasteiger partial charge in [-0.2, -0.15) is 0 Å². The molecule has 7 heteroatoms. The molecule has 0 aliphatic heterocycles. The molecule has 0 saturated carbocycles. The Morgan fingerprint density at radius 1 is 1.12 bits per heavy atom. The summed E-state index contributed by atoms with van der Waals surface area (Å²) >= 11 is 1.34. The molecule has 1 N–H and O–H groups in total. The molecular weight excluding hydrogens is 331 g/mol. The fourth-order valence-electron chi connectivity index (χ4n) is 2.05. The fourth-order valence-corrected chi connectivity index (χ4v) is 2.93. The number of hydrogen-bond donors (Lipinski definition) is 1. The predicted octanol–water partition coefficient (Wildman–Crippen LogP) is 3.16. The maximum absolute atomic E-state index is 12.8. The third kappa shape index (κ3) is 4.14. The summed E-state index contributed by atoms with van der Waals surface area (Å²) in [5, 5.41) is 3.05. The van der Waals surface area contributed by atoms with E-state index in [0.29, 0.717) is 10.7 Å². The van der Waals surface area contributed by atoms with Gasteiger partial charge in [0.15, 0.2) is 11.7 Å². The van der Waals surface area contributed by atoms with Crippen LogP contribution in [-0.2, 0) is 20.7 Å². The van der Waals surface area contributed by atoms with Crippen LogP contribution in [-0.4, -0.2) is 23.5 Å². The normalized spacial score (nSPS) is 10.5. The second-order valence-electron chi connectivity index (χ2n) is 5.00. The number of nitrogens with zero attached hydrogens (tertiary/aromatic N) is 1. The van der Waals surface area contributed by atoms with Crippen molar-refractivity contribution >= 4 is 38.6 Å². The van der Waals surface area contributed by atoms with Crippen molar-refractivity contribution in [2.75, 3.05) is 11.9 Å². The van der Waals surface area contributed by atoms with E-state index < -0.39 is 18.5 Å². The second-order valence-corrected chi connectivity index (χ2v) is 6.03. The van der Waals surface area contributed by atoms with Gasteiger partial charge in [0.05, 0.1) is 16.6 Å². The van der Waals surface area contributed by atoms with Crippen molar-refractivity contribution in [3.05, 3.63) is 59.9 Å². The van der Waals surface area contributed by atoms with Crippen LogP contribution in [0.25, 0.3) is 10.2 Å². The number of fused-ring (bicyclic) bond motifs is 1. The number of amides is 1. The van der Waals surface area contributed by atoms with Gasteiger partial charge in [0.1, 0.15) is 5.82 Å². The minimum Gasteiger partial charge on any atom is -0.455 e. The number of carbonyl (C=O) groups excluding carboxylic acids is 2. The van der Waals surface area contributed by atoms with Gasteiger partial charge in [-0.25, -0.2) is 9.37 Å². The van der Waals surface area contributed by atoms with Crippen molar-refractivity contribution in [1.82, 2.24) is 4.98 Å². The van der Waals surface area contributed by atoms with E-state index in [4.69, 9.17) is 4.74 Å². The SMILES string of the molecule is O=C(COC(=O)Cc1ccc(F)cc1)Nc1nc2ccccc2s1. The summed E-state index contributed by atoms with van der Waals surface area (Å²) in [5.41, 5.74) is 1.42.